The molecule has 2 aromatic rings. The first-order valence-electron chi connectivity index (χ1n) is 4.73. The van der Waals surface area contributed by atoms with Crippen molar-refractivity contribution in [1.82, 2.24) is 9.55 Å². The molecule has 0 fully saturated rings. The Hall–Kier alpha value is -1.39. The molecule has 0 aliphatic carbocycles. The zero-order valence-electron chi connectivity index (χ0n) is 8.53. The molecule has 1 aromatic heterocycles. The Bertz CT molecular complexity index is 613. The second-order valence-electron chi connectivity index (χ2n) is 3.40. The van der Waals surface area contributed by atoms with Crippen LogP contribution in [-0.2, 0) is 6.54 Å². The van der Waals surface area contributed by atoms with E-state index in [0.717, 1.165) is 0 Å². The Kier molecular flexibility index (Phi) is 3.45. The van der Waals surface area contributed by atoms with Crippen LogP contribution in [-0.4, -0.2) is 9.55 Å². The summed E-state index contributed by atoms with van der Waals surface area (Å²) in [5, 5.41) is -0.0595. The molecule has 0 bridgehead atoms. The van der Waals surface area contributed by atoms with Crippen molar-refractivity contribution in [2.24, 2.45) is 0 Å². The summed E-state index contributed by atoms with van der Waals surface area (Å²) in [5.74, 6) is -0.516. The quantitative estimate of drug-likeness (QED) is 0.843. The van der Waals surface area contributed by atoms with Gasteiger partial charge in [-0.1, -0.05) is 29.3 Å². The van der Waals surface area contributed by atoms with Crippen LogP contribution in [0.15, 0.2) is 35.4 Å². The lowest BCUT2D eigenvalue weighted by atomic mass is 10.2. The van der Waals surface area contributed by atoms with Gasteiger partial charge in [-0.05, 0) is 17.7 Å². The summed E-state index contributed by atoms with van der Waals surface area (Å²) in [6, 6.07) is 4.37. The van der Waals surface area contributed by atoms with Gasteiger partial charge in [0.05, 0.1) is 11.6 Å². The normalized spacial score (nSPS) is 10.5. The highest BCUT2D eigenvalue weighted by Gasteiger charge is 2.05. The Labute approximate surface area is 106 Å². The van der Waals surface area contributed by atoms with Gasteiger partial charge in [-0.15, -0.1) is 0 Å². The summed E-state index contributed by atoms with van der Waals surface area (Å²) in [4.78, 5) is 15.2. The maximum absolute atomic E-state index is 13.2. The first-order valence-corrected chi connectivity index (χ1v) is 5.48. The molecule has 0 unspecified atom stereocenters. The molecule has 1 aromatic carbocycles. The van der Waals surface area contributed by atoms with E-state index in [1.54, 1.807) is 6.07 Å². The van der Waals surface area contributed by atoms with E-state index in [1.807, 2.05) is 0 Å². The van der Waals surface area contributed by atoms with Crippen molar-refractivity contribution in [2.45, 2.75) is 6.54 Å². The molecule has 3 nitrogen and oxygen atoms in total. The standard InChI is InChI=1S/C11H7Cl2FN2O/c12-8-2-1-7(5-9(8)14)6-16-4-3-15-10(13)11(16)17/h1-5H,6H2. The molecule has 0 saturated heterocycles. The molecule has 2 rings (SSSR count). The molecule has 0 radical (unpaired) electrons. The van der Waals surface area contributed by atoms with Crippen LogP contribution in [0, 0.1) is 5.82 Å². The van der Waals surface area contributed by atoms with Crippen LogP contribution in [0.3, 0.4) is 0 Å². The number of rotatable bonds is 2. The summed E-state index contributed by atoms with van der Waals surface area (Å²) in [7, 11) is 0. The molecule has 0 aliphatic heterocycles. The number of hydrogen-bond donors (Lipinski definition) is 0. The van der Waals surface area contributed by atoms with E-state index in [4.69, 9.17) is 23.2 Å². The molecule has 1 heterocycles. The van der Waals surface area contributed by atoms with Gasteiger partial charge >= 0.3 is 0 Å². The van der Waals surface area contributed by atoms with Crippen molar-refractivity contribution in [3.05, 3.63) is 62.5 Å². The summed E-state index contributed by atoms with van der Waals surface area (Å²) < 4.78 is 14.5. The van der Waals surface area contributed by atoms with Gasteiger partial charge in [0.1, 0.15) is 5.82 Å². The van der Waals surface area contributed by atoms with Gasteiger partial charge in [-0.2, -0.15) is 0 Å². The number of benzene rings is 1. The minimum Gasteiger partial charge on any atom is -0.307 e. The zero-order chi connectivity index (χ0) is 12.4. The van der Waals surface area contributed by atoms with Crippen molar-refractivity contribution < 1.29 is 4.39 Å². The smallest absolute Gasteiger partial charge is 0.288 e. The Morgan fingerprint density at radius 2 is 2.12 bits per heavy atom. The van der Waals surface area contributed by atoms with Crippen molar-refractivity contribution >= 4 is 23.2 Å². The number of aromatic nitrogens is 2. The molecule has 0 spiro atoms. The lowest BCUT2D eigenvalue weighted by molar-refractivity contribution is 0.623. The average molecular weight is 273 g/mol. The molecule has 0 amide bonds. The highest BCUT2D eigenvalue weighted by atomic mass is 35.5. The van der Waals surface area contributed by atoms with Gasteiger partial charge in [0, 0.05) is 12.4 Å². The largest absolute Gasteiger partial charge is 0.307 e. The lowest BCUT2D eigenvalue weighted by Gasteiger charge is -2.06. The minimum absolute atomic E-state index is 0.0499. The van der Waals surface area contributed by atoms with Crippen LogP contribution in [0.25, 0.3) is 0 Å². The monoisotopic (exact) mass is 272 g/mol. The van der Waals surface area contributed by atoms with Gasteiger partial charge in [0.25, 0.3) is 5.56 Å². The van der Waals surface area contributed by atoms with Crippen molar-refractivity contribution in [2.75, 3.05) is 0 Å². The molecule has 17 heavy (non-hydrogen) atoms. The first kappa shape index (κ1) is 12.1. The number of hydrogen-bond acceptors (Lipinski definition) is 2. The fraction of sp³-hybridized carbons (Fsp3) is 0.0909. The van der Waals surface area contributed by atoms with Crippen LogP contribution in [0.1, 0.15) is 5.56 Å². The van der Waals surface area contributed by atoms with Gasteiger partial charge in [-0.25, -0.2) is 9.37 Å². The predicted octanol–water partition coefficient (Wildman–Crippen LogP) is 2.74. The van der Waals surface area contributed by atoms with Gasteiger partial charge in [0.15, 0.2) is 5.15 Å². The molecule has 0 N–H and O–H groups in total. The fourth-order valence-corrected chi connectivity index (χ4v) is 1.66. The Morgan fingerprint density at radius 1 is 1.35 bits per heavy atom. The van der Waals surface area contributed by atoms with E-state index in [-0.39, 0.29) is 16.7 Å². The van der Waals surface area contributed by atoms with Crippen LogP contribution in [0.4, 0.5) is 4.39 Å². The van der Waals surface area contributed by atoms with Crippen molar-refractivity contribution in [3.8, 4) is 0 Å². The summed E-state index contributed by atoms with van der Waals surface area (Å²) >= 11 is 11.2. The topological polar surface area (TPSA) is 34.9 Å². The SMILES string of the molecule is O=c1c(Cl)nccn1Cc1ccc(Cl)c(F)c1. The Morgan fingerprint density at radius 3 is 2.82 bits per heavy atom. The van der Waals surface area contributed by atoms with E-state index >= 15 is 0 Å². The van der Waals surface area contributed by atoms with Gasteiger partial charge in [0.2, 0.25) is 0 Å². The zero-order valence-corrected chi connectivity index (χ0v) is 10.0. The third-order valence-corrected chi connectivity index (χ3v) is 2.77. The van der Waals surface area contributed by atoms with E-state index in [1.165, 1.54) is 29.1 Å². The highest BCUT2D eigenvalue weighted by Crippen LogP contribution is 2.15. The van der Waals surface area contributed by atoms with Crippen LogP contribution < -0.4 is 5.56 Å². The molecular weight excluding hydrogens is 266 g/mol. The Balaban J connectivity index is 2.35. The molecule has 88 valence electrons. The number of nitrogens with zero attached hydrogens (tertiary/aromatic N) is 2. The summed E-state index contributed by atoms with van der Waals surface area (Å²) in [6.07, 6.45) is 2.90. The fourth-order valence-electron chi connectivity index (χ4n) is 1.38. The molecular formula is C11H7Cl2FN2O. The number of halogens is 3. The average Bonchev–Trinajstić information content (AvgIpc) is 2.30. The molecule has 6 heteroatoms. The molecule has 0 atom stereocenters. The third-order valence-electron chi connectivity index (χ3n) is 2.21. The van der Waals surface area contributed by atoms with Gasteiger partial charge < -0.3 is 4.57 Å². The molecule has 0 aliphatic rings. The molecule has 0 saturated carbocycles. The second-order valence-corrected chi connectivity index (χ2v) is 4.16. The van der Waals surface area contributed by atoms with Crippen LogP contribution in [0.5, 0.6) is 0 Å². The van der Waals surface area contributed by atoms with Crippen LogP contribution in [0.2, 0.25) is 10.2 Å². The van der Waals surface area contributed by atoms with Crippen molar-refractivity contribution in [3.63, 3.8) is 0 Å². The van der Waals surface area contributed by atoms with Gasteiger partial charge in [-0.3, -0.25) is 4.79 Å². The van der Waals surface area contributed by atoms with E-state index in [2.05, 4.69) is 4.98 Å². The maximum atomic E-state index is 13.2. The predicted molar refractivity (Wildman–Crippen MR) is 64.0 cm³/mol. The summed E-state index contributed by atoms with van der Waals surface area (Å²) in [6.45, 7) is 0.217. The minimum atomic E-state index is -0.516. The van der Waals surface area contributed by atoms with E-state index in [9.17, 15) is 9.18 Å². The maximum Gasteiger partial charge on any atom is 0.288 e. The first-order chi connectivity index (χ1) is 8.08. The van der Waals surface area contributed by atoms with E-state index < -0.39 is 11.4 Å². The summed E-state index contributed by atoms with van der Waals surface area (Å²) in [5.41, 5.74) is 0.209. The van der Waals surface area contributed by atoms with E-state index in [0.29, 0.717) is 5.56 Å². The lowest BCUT2D eigenvalue weighted by Crippen LogP contribution is -2.21. The van der Waals surface area contributed by atoms with Crippen molar-refractivity contribution in [1.29, 1.82) is 0 Å². The second kappa shape index (κ2) is 4.85. The third kappa shape index (κ3) is 2.65. The van der Waals surface area contributed by atoms with Crippen LogP contribution >= 0.6 is 23.2 Å². The highest BCUT2D eigenvalue weighted by molar-refractivity contribution is 6.30.